The number of ether oxygens (including phenoxy) is 1. The molecule has 3 aliphatic rings. The summed E-state index contributed by atoms with van der Waals surface area (Å²) in [6.07, 6.45) is 5.67. The van der Waals surface area contributed by atoms with E-state index < -0.39 is 5.60 Å². The van der Waals surface area contributed by atoms with Gasteiger partial charge in [-0.05, 0) is 32.1 Å². The molecule has 1 heterocycles. The Labute approximate surface area is 127 Å². The van der Waals surface area contributed by atoms with E-state index in [-0.39, 0.29) is 5.41 Å². The van der Waals surface area contributed by atoms with Gasteiger partial charge in [-0.2, -0.15) is 0 Å². The van der Waals surface area contributed by atoms with Gasteiger partial charge < -0.3 is 20.5 Å². The number of rotatable bonds is 3. The maximum atomic E-state index is 10.2. The number of fused-ring (bicyclic) bond motifs is 1. The molecule has 120 valence electrons. The minimum absolute atomic E-state index is 0.135. The molecule has 0 amide bonds. The summed E-state index contributed by atoms with van der Waals surface area (Å²) >= 11 is 0. The van der Waals surface area contributed by atoms with Gasteiger partial charge in [0.25, 0.3) is 0 Å². The molecular formula is C16H29N3O2. The zero-order chi connectivity index (χ0) is 15.1. The van der Waals surface area contributed by atoms with Gasteiger partial charge in [0.05, 0.1) is 11.7 Å². The summed E-state index contributed by atoms with van der Waals surface area (Å²) in [5.74, 6) is 1.39. The molecule has 3 N–H and O–H groups in total. The summed E-state index contributed by atoms with van der Waals surface area (Å²) < 4.78 is 5.94. The fourth-order valence-electron chi connectivity index (χ4n) is 4.17. The predicted molar refractivity (Wildman–Crippen MR) is 83.3 cm³/mol. The normalized spacial score (nSPS) is 37.0. The average molecular weight is 295 g/mol. The van der Waals surface area contributed by atoms with Crippen molar-refractivity contribution < 1.29 is 9.84 Å². The van der Waals surface area contributed by atoms with Crippen LogP contribution in [0.1, 0.15) is 46.0 Å². The Morgan fingerprint density at radius 3 is 2.71 bits per heavy atom. The highest BCUT2D eigenvalue weighted by molar-refractivity contribution is 5.80. The Morgan fingerprint density at radius 1 is 1.33 bits per heavy atom. The Hall–Kier alpha value is -0.810. The molecule has 0 spiro atoms. The quantitative estimate of drug-likeness (QED) is 0.542. The molecule has 3 unspecified atom stereocenters. The summed E-state index contributed by atoms with van der Waals surface area (Å²) in [6.45, 7) is 6.02. The van der Waals surface area contributed by atoms with Crippen LogP contribution in [0.5, 0.6) is 0 Å². The fraction of sp³-hybridized carbons (Fsp3) is 0.938. The zero-order valence-electron chi connectivity index (χ0n) is 13.5. The number of guanidine groups is 1. The van der Waals surface area contributed by atoms with E-state index in [1.807, 2.05) is 0 Å². The van der Waals surface area contributed by atoms with Gasteiger partial charge in [0.15, 0.2) is 5.96 Å². The standard InChI is InChI=1S/C16H29N3O2/c1-15(2)12(11-6-4-9-21-13(11)15)19-14(17-3)18-10-16(20)7-5-8-16/h11-13,20H,4-10H2,1-3H3,(H2,17,18,19). The van der Waals surface area contributed by atoms with Gasteiger partial charge >= 0.3 is 0 Å². The van der Waals surface area contributed by atoms with Gasteiger partial charge in [0.2, 0.25) is 0 Å². The zero-order valence-corrected chi connectivity index (χ0v) is 13.5. The average Bonchev–Trinajstić information content (AvgIpc) is 2.45. The van der Waals surface area contributed by atoms with Crippen LogP contribution in [-0.4, -0.2) is 49.0 Å². The smallest absolute Gasteiger partial charge is 0.191 e. The van der Waals surface area contributed by atoms with Crippen LogP contribution in [0, 0.1) is 11.3 Å². The summed E-state index contributed by atoms with van der Waals surface area (Å²) in [7, 11) is 1.79. The van der Waals surface area contributed by atoms with Crippen LogP contribution in [0.15, 0.2) is 4.99 Å². The number of nitrogens with one attached hydrogen (secondary N) is 2. The van der Waals surface area contributed by atoms with Gasteiger partial charge in [-0.1, -0.05) is 13.8 Å². The third-order valence-electron chi connectivity index (χ3n) is 5.72. The van der Waals surface area contributed by atoms with E-state index in [1.165, 1.54) is 6.42 Å². The minimum Gasteiger partial charge on any atom is -0.388 e. The molecule has 3 rings (SSSR count). The number of hydrogen-bond acceptors (Lipinski definition) is 3. The van der Waals surface area contributed by atoms with Gasteiger partial charge in [0, 0.05) is 37.6 Å². The van der Waals surface area contributed by atoms with E-state index in [4.69, 9.17) is 4.74 Å². The van der Waals surface area contributed by atoms with E-state index in [0.29, 0.717) is 24.6 Å². The molecule has 0 aromatic carbocycles. The molecule has 21 heavy (non-hydrogen) atoms. The number of nitrogens with zero attached hydrogens (tertiary/aromatic N) is 1. The lowest BCUT2D eigenvalue weighted by molar-refractivity contribution is -0.188. The Morgan fingerprint density at radius 2 is 2.10 bits per heavy atom. The number of aliphatic hydroxyl groups is 1. The van der Waals surface area contributed by atoms with Crippen molar-refractivity contribution >= 4 is 5.96 Å². The molecular weight excluding hydrogens is 266 g/mol. The first-order valence-electron chi connectivity index (χ1n) is 8.27. The van der Waals surface area contributed by atoms with E-state index >= 15 is 0 Å². The van der Waals surface area contributed by atoms with Crippen LogP contribution in [0.3, 0.4) is 0 Å². The fourth-order valence-corrected chi connectivity index (χ4v) is 4.17. The summed E-state index contributed by atoms with van der Waals surface area (Å²) in [5.41, 5.74) is -0.390. The van der Waals surface area contributed by atoms with Crippen molar-refractivity contribution in [3.63, 3.8) is 0 Å². The molecule has 2 saturated carbocycles. The van der Waals surface area contributed by atoms with Crippen molar-refractivity contribution in [3.8, 4) is 0 Å². The Balaban J connectivity index is 1.56. The Bertz CT molecular complexity index is 418. The molecule has 0 bridgehead atoms. The second-order valence-electron chi connectivity index (χ2n) is 7.54. The molecule has 5 heteroatoms. The monoisotopic (exact) mass is 295 g/mol. The number of hydrogen-bond donors (Lipinski definition) is 3. The van der Waals surface area contributed by atoms with Crippen LogP contribution in [0.2, 0.25) is 0 Å². The molecule has 1 saturated heterocycles. The molecule has 3 atom stereocenters. The van der Waals surface area contributed by atoms with Gasteiger partial charge in [-0.15, -0.1) is 0 Å². The first kappa shape index (κ1) is 15.1. The summed E-state index contributed by atoms with van der Waals surface area (Å²) in [4.78, 5) is 4.32. The van der Waals surface area contributed by atoms with Crippen LogP contribution < -0.4 is 10.6 Å². The van der Waals surface area contributed by atoms with E-state index in [2.05, 4.69) is 29.5 Å². The highest BCUT2D eigenvalue weighted by atomic mass is 16.5. The van der Waals surface area contributed by atoms with Crippen LogP contribution >= 0.6 is 0 Å². The van der Waals surface area contributed by atoms with Crippen molar-refractivity contribution in [2.24, 2.45) is 16.3 Å². The molecule has 2 aliphatic carbocycles. The third-order valence-corrected chi connectivity index (χ3v) is 5.72. The van der Waals surface area contributed by atoms with Crippen LogP contribution in [-0.2, 0) is 4.74 Å². The van der Waals surface area contributed by atoms with Gasteiger partial charge in [0.1, 0.15) is 0 Å². The SMILES string of the molecule is CN=C(NCC1(O)CCC1)NC1C2CCCOC2C1(C)C. The van der Waals surface area contributed by atoms with E-state index in [1.54, 1.807) is 7.05 Å². The molecule has 0 aromatic heterocycles. The van der Waals surface area contributed by atoms with E-state index in [0.717, 1.165) is 38.2 Å². The second-order valence-corrected chi connectivity index (χ2v) is 7.54. The van der Waals surface area contributed by atoms with Crippen molar-refractivity contribution in [2.45, 2.75) is 63.7 Å². The van der Waals surface area contributed by atoms with Gasteiger partial charge in [-0.3, -0.25) is 4.99 Å². The minimum atomic E-state index is -0.525. The van der Waals surface area contributed by atoms with Gasteiger partial charge in [-0.25, -0.2) is 0 Å². The predicted octanol–water partition coefficient (Wildman–Crippen LogP) is 1.27. The lowest BCUT2D eigenvalue weighted by atomic mass is 9.55. The van der Waals surface area contributed by atoms with Crippen molar-refractivity contribution in [3.05, 3.63) is 0 Å². The third kappa shape index (κ3) is 2.66. The first-order valence-corrected chi connectivity index (χ1v) is 8.27. The van der Waals surface area contributed by atoms with E-state index in [9.17, 15) is 5.11 Å². The summed E-state index contributed by atoms with van der Waals surface area (Å²) in [6, 6.07) is 0.394. The highest BCUT2D eigenvalue weighted by Crippen LogP contribution is 2.51. The molecule has 5 nitrogen and oxygen atoms in total. The molecule has 0 radical (unpaired) electrons. The first-order chi connectivity index (χ1) is 9.96. The topological polar surface area (TPSA) is 65.9 Å². The highest BCUT2D eigenvalue weighted by Gasteiger charge is 2.58. The largest absolute Gasteiger partial charge is 0.388 e. The lowest BCUT2D eigenvalue weighted by Gasteiger charge is -2.60. The maximum absolute atomic E-state index is 10.2. The molecule has 0 aromatic rings. The molecule has 3 fully saturated rings. The van der Waals surface area contributed by atoms with Crippen molar-refractivity contribution in [2.75, 3.05) is 20.2 Å². The second kappa shape index (κ2) is 5.43. The van der Waals surface area contributed by atoms with Crippen molar-refractivity contribution in [1.29, 1.82) is 0 Å². The maximum Gasteiger partial charge on any atom is 0.191 e. The number of aliphatic imine (C=N–C) groups is 1. The van der Waals surface area contributed by atoms with Crippen molar-refractivity contribution in [1.82, 2.24) is 10.6 Å². The van der Waals surface area contributed by atoms with Crippen LogP contribution in [0.25, 0.3) is 0 Å². The molecule has 1 aliphatic heterocycles. The summed E-state index contributed by atoms with van der Waals surface area (Å²) in [5, 5.41) is 17.0. The Kier molecular flexibility index (Phi) is 3.91. The lowest BCUT2D eigenvalue weighted by Crippen LogP contribution is -2.71. The van der Waals surface area contributed by atoms with Crippen LogP contribution in [0.4, 0.5) is 0 Å².